The van der Waals surface area contributed by atoms with Gasteiger partial charge in [-0.05, 0) is 64.4 Å². The summed E-state index contributed by atoms with van der Waals surface area (Å²) in [6, 6.07) is 6.48. The normalized spacial score (nSPS) is 20.0. The van der Waals surface area contributed by atoms with Gasteiger partial charge < -0.3 is 10.6 Å². The molecule has 2 atom stereocenters. The number of hydrogen-bond acceptors (Lipinski definition) is 3. The van der Waals surface area contributed by atoms with E-state index < -0.39 is 0 Å². The van der Waals surface area contributed by atoms with E-state index in [1.165, 1.54) is 12.1 Å². The molecule has 1 saturated heterocycles. The summed E-state index contributed by atoms with van der Waals surface area (Å²) < 4.78 is 14.8. The lowest BCUT2D eigenvalue weighted by molar-refractivity contribution is 0.0918. The van der Waals surface area contributed by atoms with Crippen molar-refractivity contribution in [2.24, 2.45) is 0 Å². The zero-order valence-electron chi connectivity index (χ0n) is 14.7. The van der Waals surface area contributed by atoms with Crippen LogP contribution in [0.5, 0.6) is 0 Å². The molecule has 3 rings (SSSR count). The Labute approximate surface area is 153 Å². The molecule has 0 bridgehead atoms. The van der Waals surface area contributed by atoms with Gasteiger partial charge in [-0.15, -0.1) is 12.4 Å². The van der Waals surface area contributed by atoms with E-state index in [2.05, 4.69) is 22.7 Å². The number of halogens is 2. The molecule has 0 spiro atoms. The van der Waals surface area contributed by atoms with E-state index >= 15 is 0 Å². The Kier molecular flexibility index (Phi) is 6.19. The van der Waals surface area contributed by atoms with Crippen LogP contribution in [0.25, 0.3) is 5.69 Å². The van der Waals surface area contributed by atoms with Crippen molar-refractivity contribution in [3.63, 3.8) is 0 Å². The number of rotatable bonds is 3. The van der Waals surface area contributed by atoms with Gasteiger partial charge in [0.15, 0.2) is 0 Å². The van der Waals surface area contributed by atoms with Gasteiger partial charge in [0.25, 0.3) is 5.91 Å². The predicted molar refractivity (Wildman–Crippen MR) is 98.2 cm³/mol. The van der Waals surface area contributed by atoms with Gasteiger partial charge in [0.2, 0.25) is 0 Å². The molecule has 1 fully saturated rings. The Hall–Kier alpha value is -1.92. The third-order valence-corrected chi connectivity index (χ3v) is 4.67. The highest BCUT2D eigenvalue weighted by Gasteiger charge is 2.26. The van der Waals surface area contributed by atoms with Gasteiger partial charge in [-0.3, -0.25) is 4.79 Å². The SMILES string of the molecule is Cc1nn(-c2ccc(F)cc2)c(C)c1C(=O)NC1CCCNC1C.Cl. The summed E-state index contributed by atoms with van der Waals surface area (Å²) >= 11 is 0. The number of benzene rings is 1. The molecular weight excluding hydrogens is 343 g/mol. The number of carbonyl (C=O) groups is 1. The van der Waals surface area contributed by atoms with Crippen LogP contribution in [0.4, 0.5) is 4.39 Å². The van der Waals surface area contributed by atoms with E-state index in [1.54, 1.807) is 16.8 Å². The Morgan fingerprint density at radius 3 is 2.64 bits per heavy atom. The Morgan fingerprint density at radius 2 is 2.00 bits per heavy atom. The number of nitrogens with zero attached hydrogens (tertiary/aromatic N) is 2. The molecular formula is C18H24ClFN4O. The summed E-state index contributed by atoms with van der Waals surface area (Å²) in [5, 5.41) is 11.0. The second kappa shape index (κ2) is 7.97. The maximum absolute atomic E-state index is 13.1. The summed E-state index contributed by atoms with van der Waals surface area (Å²) in [6.07, 6.45) is 2.03. The van der Waals surface area contributed by atoms with Crippen LogP contribution in [0.15, 0.2) is 24.3 Å². The van der Waals surface area contributed by atoms with E-state index in [4.69, 9.17) is 0 Å². The predicted octanol–water partition coefficient (Wildman–Crippen LogP) is 2.92. The minimum Gasteiger partial charge on any atom is -0.348 e. The van der Waals surface area contributed by atoms with Gasteiger partial charge in [-0.1, -0.05) is 0 Å². The molecule has 7 heteroatoms. The van der Waals surface area contributed by atoms with E-state index in [9.17, 15) is 9.18 Å². The van der Waals surface area contributed by atoms with Crippen molar-refractivity contribution in [3.05, 3.63) is 47.0 Å². The highest BCUT2D eigenvalue weighted by atomic mass is 35.5. The summed E-state index contributed by atoms with van der Waals surface area (Å²) in [7, 11) is 0. The molecule has 1 aliphatic rings. The van der Waals surface area contributed by atoms with Crippen molar-refractivity contribution < 1.29 is 9.18 Å². The van der Waals surface area contributed by atoms with Crippen LogP contribution in [0.1, 0.15) is 41.5 Å². The maximum atomic E-state index is 13.1. The second-order valence-electron chi connectivity index (χ2n) is 6.40. The quantitative estimate of drug-likeness (QED) is 0.878. The van der Waals surface area contributed by atoms with E-state index in [-0.39, 0.29) is 36.2 Å². The van der Waals surface area contributed by atoms with Gasteiger partial charge in [0, 0.05) is 12.1 Å². The van der Waals surface area contributed by atoms with Crippen molar-refractivity contribution in [1.29, 1.82) is 0 Å². The molecule has 1 amide bonds. The number of aryl methyl sites for hydroxylation is 1. The standard InChI is InChI=1S/C18H23FN4O.ClH/c1-11-16(5-4-10-20-11)21-18(24)17-12(2)22-23(13(17)3)15-8-6-14(19)7-9-15;/h6-9,11,16,20H,4-5,10H2,1-3H3,(H,21,24);1H. The molecule has 1 aliphatic heterocycles. The fourth-order valence-corrected chi connectivity index (χ4v) is 3.29. The molecule has 1 aromatic heterocycles. The van der Waals surface area contributed by atoms with Crippen molar-refractivity contribution in [2.45, 2.75) is 45.7 Å². The van der Waals surface area contributed by atoms with Crippen molar-refractivity contribution in [1.82, 2.24) is 20.4 Å². The second-order valence-corrected chi connectivity index (χ2v) is 6.40. The van der Waals surface area contributed by atoms with Gasteiger partial charge in [-0.25, -0.2) is 9.07 Å². The van der Waals surface area contributed by atoms with Crippen LogP contribution < -0.4 is 10.6 Å². The zero-order chi connectivity index (χ0) is 17.3. The lowest BCUT2D eigenvalue weighted by Gasteiger charge is -2.30. The Bertz CT molecular complexity index is 744. The first kappa shape index (κ1) is 19.4. The van der Waals surface area contributed by atoms with Crippen LogP contribution in [0, 0.1) is 19.7 Å². The van der Waals surface area contributed by atoms with Gasteiger partial charge >= 0.3 is 0 Å². The number of aromatic nitrogens is 2. The summed E-state index contributed by atoms with van der Waals surface area (Å²) in [4.78, 5) is 12.7. The molecule has 2 N–H and O–H groups in total. The van der Waals surface area contributed by atoms with Crippen LogP contribution in [0.3, 0.4) is 0 Å². The molecule has 0 aliphatic carbocycles. The molecule has 136 valence electrons. The largest absolute Gasteiger partial charge is 0.348 e. The molecule has 2 heterocycles. The molecule has 5 nitrogen and oxygen atoms in total. The number of amides is 1. The van der Waals surface area contributed by atoms with Gasteiger partial charge in [-0.2, -0.15) is 5.10 Å². The lowest BCUT2D eigenvalue weighted by atomic mass is 9.99. The van der Waals surface area contributed by atoms with E-state index in [0.29, 0.717) is 11.3 Å². The average molecular weight is 367 g/mol. The first-order chi connectivity index (χ1) is 11.5. The van der Waals surface area contributed by atoms with Crippen LogP contribution in [-0.2, 0) is 0 Å². The highest BCUT2D eigenvalue weighted by Crippen LogP contribution is 2.19. The molecule has 2 unspecified atom stereocenters. The molecule has 25 heavy (non-hydrogen) atoms. The monoisotopic (exact) mass is 366 g/mol. The van der Waals surface area contributed by atoms with E-state index in [1.807, 2.05) is 13.8 Å². The third kappa shape index (κ3) is 4.02. The fourth-order valence-electron chi connectivity index (χ4n) is 3.29. The van der Waals surface area contributed by atoms with Crippen molar-refractivity contribution in [2.75, 3.05) is 6.54 Å². The first-order valence-corrected chi connectivity index (χ1v) is 8.34. The first-order valence-electron chi connectivity index (χ1n) is 8.34. The van der Waals surface area contributed by atoms with Crippen molar-refractivity contribution in [3.8, 4) is 5.69 Å². The van der Waals surface area contributed by atoms with Gasteiger partial charge in [0.1, 0.15) is 5.82 Å². The van der Waals surface area contributed by atoms with Crippen LogP contribution in [0.2, 0.25) is 0 Å². The lowest BCUT2D eigenvalue weighted by Crippen LogP contribution is -2.52. The zero-order valence-corrected chi connectivity index (χ0v) is 15.5. The van der Waals surface area contributed by atoms with Crippen molar-refractivity contribution >= 4 is 18.3 Å². The number of nitrogens with one attached hydrogen (secondary N) is 2. The van der Waals surface area contributed by atoms with Crippen LogP contribution >= 0.6 is 12.4 Å². The molecule has 1 aromatic carbocycles. The maximum Gasteiger partial charge on any atom is 0.255 e. The Balaban J connectivity index is 0.00000225. The molecule has 0 radical (unpaired) electrons. The summed E-state index contributed by atoms with van der Waals surface area (Å²) in [5.41, 5.74) is 2.76. The highest BCUT2D eigenvalue weighted by molar-refractivity contribution is 5.96. The number of carbonyl (C=O) groups excluding carboxylic acids is 1. The topological polar surface area (TPSA) is 59.0 Å². The fraction of sp³-hybridized carbons (Fsp3) is 0.444. The van der Waals surface area contributed by atoms with Gasteiger partial charge in [0.05, 0.1) is 22.6 Å². The average Bonchev–Trinajstić information content (AvgIpc) is 2.85. The van der Waals surface area contributed by atoms with Crippen LogP contribution in [-0.4, -0.2) is 34.3 Å². The van der Waals surface area contributed by atoms with E-state index in [0.717, 1.165) is 30.8 Å². The number of hydrogen-bond donors (Lipinski definition) is 2. The minimum atomic E-state index is -0.294. The minimum absolute atomic E-state index is 0. The smallest absolute Gasteiger partial charge is 0.255 e. The summed E-state index contributed by atoms with van der Waals surface area (Å²) in [6.45, 7) is 6.77. The number of piperidine rings is 1. The third-order valence-electron chi connectivity index (χ3n) is 4.67. The molecule has 2 aromatic rings. The summed E-state index contributed by atoms with van der Waals surface area (Å²) in [5.74, 6) is -0.393. The molecule has 0 saturated carbocycles. The Morgan fingerprint density at radius 1 is 1.32 bits per heavy atom.